The number of benzene rings is 1. The van der Waals surface area contributed by atoms with Gasteiger partial charge in [-0.25, -0.2) is 4.98 Å². The van der Waals surface area contributed by atoms with Crippen LogP contribution in [-0.2, 0) is 0 Å². The first kappa shape index (κ1) is 11.5. The molecule has 1 heterocycles. The summed E-state index contributed by atoms with van der Waals surface area (Å²) >= 11 is 17.7. The summed E-state index contributed by atoms with van der Waals surface area (Å²) in [5.41, 5.74) is 0. The minimum Gasteiger partial charge on any atom is -0.454 e. The lowest BCUT2D eigenvalue weighted by Crippen LogP contribution is -1.87. The molecule has 1 aromatic heterocycles. The van der Waals surface area contributed by atoms with Crippen LogP contribution >= 0.6 is 34.8 Å². The molecule has 82 valence electrons. The van der Waals surface area contributed by atoms with Gasteiger partial charge in [0.2, 0.25) is 0 Å². The molecule has 1 aromatic carbocycles. The topological polar surface area (TPSA) is 22.1 Å². The average Bonchev–Trinajstić information content (AvgIpc) is 2.24. The van der Waals surface area contributed by atoms with E-state index in [1.165, 1.54) is 0 Å². The molecule has 0 spiro atoms. The summed E-state index contributed by atoms with van der Waals surface area (Å²) in [6.45, 7) is 0. The fourth-order valence-electron chi connectivity index (χ4n) is 1.15. The predicted molar refractivity (Wildman–Crippen MR) is 65.8 cm³/mol. The molecule has 0 amide bonds. The number of nitrogens with zero attached hydrogens (tertiary/aromatic N) is 1. The molecule has 0 saturated heterocycles. The summed E-state index contributed by atoms with van der Waals surface area (Å²) in [6, 6.07) is 8.40. The molecule has 0 unspecified atom stereocenters. The van der Waals surface area contributed by atoms with Gasteiger partial charge >= 0.3 is 0 Å². The van der Waals surface area contributed by atoms with Crippen molar-refractivity contribution in [3.63, 3.8) is 0 Å². The molecule has 0 aliphatic heterocycles. The van der Waals surface area contributed by atoms with Crippen molar-refractivity contribution in [3.05, 3.63) is 51.7 Å². The SMILES string of the molecule is Clc1cc(Oc2c(Cl)cccc2Cl)ccn1. The van der Waals surface area contributed by atoms with E-state index in [4.69, 9.17) is 39.5 Å². The van der Waals surface area contributed by atoms with Crippen LogP contribution in [0.15, 0.2) is 36.5 Å². The van der Waals surface area contributed by atoms with Crippen molar-refractivity contribution in [3.8, 4) is 11.5 Å². The number of rotatable bonds is 2. The van der Waals surface area contributed by atoms with Crippen molar-refractivity contribution in [2.24, 2.45) is 0 Å². The van der Waals surface area contributed by atoms with Crippen molar-refractivity contribution in [1.29, 1.82) is 0 Å². The van der Waals surface area contributed by atoms with Gasteiger partial charge in [-0.15, -0.1) is 0 Å². The highest BCUT2D eigenvalue weighted by Gasteiger charge is 2.08. The summed E-state index contributed by atoms with van der Waals surface area (Å²) in [5.74, 6) is 0.947. The molecule has 0 aliphatic carbocycles. The molecule has 2 aromatic rings. The Morgan fingerprint density at radius 2 is 1.69 bits per heavy atom. The van der Waals surface area contributed by atoms with Crippen molar-refractivity contribution < 1.29 is 4.74 Å². The fourth-order valence-corrected chi connectivity index (χ4v) is 1.78. The number of pyridine rings is 1. The Hall–Kier alpha value is -0.960. The average molecular weight is 275 g/mol. The largest absolute Gasteiger partial charge is 0.454 e. The third-order valence-corrected chi connectivity index (χ3v) is 2.64. The Morgan fingerprint density at radius 3 is 2.31 bits per heavy atom. The summed E-state index contributed by atoms with van der Waals surface area (Å²) in [4.78, 5) is 3.85. The Kier molecular flexibility index (Phi) is 3.54. The van der Waals surface area contributed by atoms with Crippen LogP contribution in [0.3, 0.4) is 0 Å². The number of hydrogen-bond donors (Lipinski definition) is 0. The highest BCUT2D eigenvalue weighted by molar-refractivity contribution is 6.37. The second-order valence-electron chi connectivity index (χ2n) is 2.97. The molecule has 0 N–H and O–H groups in total. The van der Waals surface area contributed by atoms with Gasteiger partial charge < -0.3 is 4.74 Å². The molecule has 16 heavy (non-hydrogen) atoms. The second-order valence-corrected chi connectivity index (χ2v) is 4.17. The van der Waals surface area contributed by atoms with Crippen molar-refractivity contribution >= 4 is 34.8 Å². The molecule has 0 bridgehead atoms. The van der Waals surface area contributed by atoms with Gasteiger partial charge in [0.1, 0.15) is 10.9 Å². The molecule has 0 aliphatic rings. The highest BCUT2D eigenvalue weighted by Crippen LogP contribution is 2.36. The zero-order valence-electron chi connectivity index (χ0n) is 7.95. The van der Waals surface area contributed by atoms with Gasteiger partial charge in [-0.1, -0.05) is 40.9 Å². The normalized spacial score (nSPS) is 10.2. The molecule has 2 rings (SSSR count). The number of aromatic nitrogens is 1. The van der Waals surface area contributed by atoms with E-state index in [0.29, 0.717) is 26.7 Å². The lowest BCUT2D eigenvalue weighted by molar-refractivity contribution is 0.482. The van der Waals surface area contributed by atoms with E-state index in [2.05, 4.69) is 4.98 Å². The summed E-state index contributed by atoms with van der Waals surface area (Å²) < 4.78 is 5.53. The monoisotopic (exact) mass is 273 g/mol. The van der Waals surface area contributed by atoms with E-state index >= 15 is 0 Å². The fraction of sp³-hybridized carbons (Fsp3) is 0. The number of hydrogen-bond acceptors (Lipinski definition) is 2. The van der Waals surface area contributed by atoms with Gasteiger partial charge in [0.25, 0.3) is 0 Å². The molecular formula is C11H6Cl3NO. The maximum atomic E-state index is 5.96. The van der Waals surface area contributed by atoms with E-state index < -0.39 is 0 Å². The number of halogens is 3. The molecule has 2 nitrogen and oxygen atoms in total. The smallest absolute Gasteiger partial charge is 0.164 e. The zero-order valence-corrected chi connectivity index (χ0v) is 10.2. The maximum absolute atomic E-state index is 5.96. The van der Waals surface area contributed by atoms with Gasteiger partial charge in [0.15, 0.2) is 5.75 Å². The maximum Gasteiger partial charge on any atom is 0.164 e. The summed E-state index contributed by atoms with van der Waals surface area (Å²) in [6.07, 6.45) is 1.54. The Labute approximate surface area is 108 Å². The van der Waals surface area contributed by atoms with Crippen LogP contribution in [0.1, 0.15) is 0 Å². The first-order chi connectivity index (χ1) is 7.66. The Bertz CT molecular complexity index is 496. The molecule has 5 heteroatoms. The van der Waals surface area contributed by atoms with Crippen molar-refractivity contribution in [1.82, 2.24) is 4.98 Å². The minimum atomic E-state index is 0.348. The Morgan fingerprint density at radius 1 is 1.00 bits per heavy atom. The van der Waals surface area contributed by atoms with E-state index in [1.807, 2.05) is 0 Å². The van der Waals surface area contributed by atoms with Crippen LogP contribution in [-0.4, -0.2) is 4.98 Å². The zero-order chi connectivity index (χ0) is 11.5. The molecule has 0 atom stereocenters. The van der Waals surface area contributed by atoms with E-state index in [0.717, 1.165) is 0 Å². The lowest BCUT2D eigenvalue weighted by Gasteiger charge is -2.08. The van der Waals surface area contributed by atoms with E-state index in [1.54, 1.807) is 36.5 Å². The third-order valence-electron chi connectivity index (χ3n) is 1.84. The van der Waals surface area contributed by atoms with Crippen LogP contribution in [0.2, 0.25) is 15.2 Å². The second kappa shape index (κ2) is 4.91. The van der Waals surface area contributed by atoms with Gasteiger partial charge in [0.05, 0.1) is 10.0 Å². The first-order valence-corrected chi connectivity index (χ1v) is 5.53. The summed E-state index contributed by atoms with van der Waals surface area (Å²) in [7, 11) is 0. The van der Waals surface area contributed by atoms with E-state index in [-0.39, 0.29) is 0 Å². The quantitative estimate of drug-likeness (QED) is 0.731. The van der Waals surface area contributed by atoms with Crippen molar-refractivity contribution in [2.45, 2.75) is 0 Å². The standard InChI is InChI=1S/C11H6Cl3NO/c12-8-2-1-3-9(13)11(8)16-7-4-5-15-10(14)6-7/h1-6H. The molecule has 0 saturated carbocycles. The highest BCUT2D eigenvalue weighted by atomic mass is 35.5. The van der Waals surface area contributed by atoms with Crippen LogP contribution in [0.5, 0.6) is 11.5 Å². The van der Waals surface area contributed by atoms with Crippen LogP contribution < -0.4 is 4.74 Å². The summed E-state index contributed by atoms with van der Waals surface area (Å²) in [5, 5.41) is 1.24. The van der Waals surface area contributed by atoms with Crippen LogP contribution in [0.4, 0.5) is 0 Å². The van der Waals surface area contributed by atoms with E-state index in [9.17, 15) is 0 Å². The van der Waals surface area contributed by atoms with Crippen LogP contribution in [0, 0.1) is 0 Å². The molecule has 0 radical (unpaired) electrons. The van der Waals surface area contributed by atoms with Gasteiger partial charge in [-0.2, -0.15) is 0 Å². The predicted octanol–water partition coefficient (Wildman–Crippen LogP) is 4.83. The number of ether oxygens (including phenoxy) is 1. The lowest BCUT2D eigenvalue weighted by atomic mass is 10.3. The third kappa shape index (κ3) is 2.59. The van der Waals surface area contributed by atoms with Gasteiger partial charge in [-0.05, 0) is 18.2 Å². The molecule has 0 fully saturated rings. The van der Waals surface area contributed by atoms with Gasteiger partial charge in [0, 0.05) is 12.3 Å². The molecular weight excluding hydrogens is 268 g/mol. The Balaban J connectivity index is 2.34. The number of para-hydroxylation sites is 1. The van der Waals surface area contributed by atoms with Crippen LogP contribution in [0.25, 0.3) is 0 Å². The first-order valence-electron chi connectivity index (χ1n) is 4.40. The van der Waals surface area contributed by atoms with Crippen molar-refractivity contribution in [2.75, 3.05) is 0 Å². The minimum absolute atomic E-state index is 0.348. The van der Waals surface area contributed by atoms with Gasteiger partial charge in [-0.3, -0.25) is 0 Å².